The van der Waals surface area contributed by atoms with Crippen LogP contribution in [0.4, 0.5) is 0 Å². The highest BCUT2D eigenvalue weighted by atomic mass is 16.5. The third kappa shape index (κ3) is 4.12. The van der Waals surface area contributed by atoms with Gasteiger partial charge in [0.2, 0.25) is 0 Å². The number of ether oxygens (including phenoxy) is 1. The summed E-state index contributed by atoms with van der Waals surface area (Å²) in [5, 5.41) is 0. The van der Waals surface area contributed by atoms with Gasteiger partial charge in [0.05, 0.1) is 6.61 Å². The maximum atomic E-state index is 5.87. The summed E-state index contributed by atoms with van der Waals surface area (Å²) in [5.41, 5.74) is 3.64. The second-order valence-corrected chi connectivity index (χ2v) is 5.65. The van der Waals surface area contributed by atoms with Gasteiger partial charge in [-0.25, -0.2) is 0 Å². The molecule has 0 heterocycles. The van der Waals surface area contributed by atoms with E-state index < -0.39 is 0 Å². The van der Waals surface area contributed by atoms with E-state index in [4.69, 9.17) is 4.74 Å². The molecule has 0 aliphatic carbocycles. The van der Waals surface area contributed by atoms with Gasteiger partial charge >= 0.3 is 0 Å². The van der Waals surface area contributed by atoms with Crippen LogP contribution in [0.3, 0.4) is 0 Å². The van der Waals surface area contributed by atoms with Crippen LogP contribution in [-0.2, 0) is 0 Å². The zero-order chi connectivity index (χ0) is 14.4. The lowest BCUT2D eigenvalue weighted by Crippen LogP contribution is -2.00. The molecule has 0 aliphatic heterocycles. The Morgan fingerprint density at radius 1 is 1.05 bits per heavy atom. The van der Waals surface area contributed by atoms with Crippen molar-refractivity contribution in [1.29, 1.82) is 0 Å². The van der Waals surface area contributed by atoms with Crippen LogP contribution < -0.4 is 4.74 Å². The van der Waals surface area contributed by atoms with Gasteiger partial charge in [-0.15, -0.1) is 0 Å². The summed E-state index contributed by atoms with van der Waals surface area (Å²) >= 11 is 0. The lowest BCUT2D eigenvalue weighted by molar-refractivity contribution is 0.296. The number of hydrogen-bond acceptors (Lipinski definition) is 1. The summed E-state index contributed by atoms with van der Waals surface area (Å²) < 4.78 is 5.87. The Labute approximate surface area is 122 Å². The smallest absolute Gasteiger partial charge is 0.122 e. The molecular weight excluding hydrogens is 244 g/mol. The first-order chi connectivity index (χ1) is 9.66. The van der Waals surface area contributed by atoms with Crippen molar-refractivity contribution in [3.05, 3.63) is 54.1 Å². The summed E-state index contributed by atoms with van der Waals surface area (Å²) in [5.74, 6) is 1.75. The number of benzene rings is 2. The lowest BCUT2D eigenvalue weighted by Gasteiger charge is -2.11. The molecule has 0 spiro atoms. The average molecular weight is 267 g/mol. The van der Waals surface area contributed by atoms with Gasteiger partial charge in [-0.1, -0.05) is 44.2 Å². The quantitative estimate of drug-likeness (QED) is 0.647. The summed E-state index contributed by atoms with van der Waals surface area (Å²) in [6, 6.07) is 17.5. The molecule has 0 unspecified atom stereocenters. The molecule has 0 N–H and O–H groups in total. The molecule has 0 saturated heterocycles. The van der Waals surface area contributed by atoms with Crippen LogP contribution in [0.25, 0.3) is 11.1 Å². The molecule has 2 rings (SSSR count). The zero-order valence-electron chi connectivity index (χ0n) is 12.6. The summed E-state index contributed by atoms with van der Waals surface area (Å²) in [6.07, 6.45) is 2.34. The number of rotatable bonds is 6. The largest absolute Gasteiger partial charge is 0.493 e. The molecule has 0 aliphatic rings. The normalized spacial score (nSPS) is 10.8. The van der Waals surface area contributed by atoms with E-state index in [-0.39, 0.29) is 0 Å². The molecule has 0 amide bonds. The van der Waals surface area contributed by atoms with Gasteiger partial charge in [0.1, 0.15) is 5.75 Å². The van der Waals surface area contributed by atoms with Crippen molar-refractivity contribution >= 4 is 0 Å². The molecule has 0 atom stereocenters. The minimum atomic E-state index is 0.747. The van der Waals surface area contributed by atoms with E-state index in [1.54, 1.807) is 0 Å². The highest BCUT2D eigenvalue weighted by molar-refractivity contribution is 5.65. The van der Waals surface area contributed by atoms with Crippen LogP contribution in [0.1, 0.15) is 32.3 Å². The highest BCUT2D eigenvalue weighted by Crippen LogP contribution is 2.26. The SMILES string of the molecule is Cc1cc(-c2cc[c]cc2)ccc1OCCCC(C)C. The molecule has 1 radical (unpaired) electrons. The van der Waals surface area contributed by atoms with E-state index in [0.717, 1.165) is 24.7 Å². The minimum absolute atomic E-state index is 0.747. The van der Waals surface area contributed by atoms with Crippen LogP contribution in [-0.4, -0.2) is 6.61 Å². The first-order valence-corrected chi connectivity index (χ1v) is 7.37. The third-order valence-corrected chi connectivity index (χ3v) is 3.41. The number of aryl methyl sites for hydroxylation is 1. The van der Waals surface area contributed by atoms with Crippen LogP contribution in [0.5, 0.6) is 5.75 Å². The van der Waals surface area contributed by atoms with Crippen LogP contribution in [0.15, 0.2) is 42.5 Å². The van der Waals surface area contributed by atoms with E-state index >= 15 is 0 Å². The Morgan fingerprint density at radius 2 is 1.80 bits per heavy atom. The summed E-state index contributed by atoms with van der Waals surface area (Å²) in [4.78, 5) is 0. The maximum Gasteiger partial charge on any atom is 0.122 e. The first kappa shape index (κ1) is 14.6. The van der Waals surface area contributed by atoms with Crippen molar-refractivity contribution in [1.82, 2.24) is 0 Å². The van der Waals surface area contributed by atoms with Crippen molar-refractivity contribution in [2.75, 3.05) is 6.61 Å². The van der Waals surface area contributed by atoms with Crippen molar-refractivity contribution < 1.29 is 4.74 Å². The summed E-state index contributed by atoms with van der Waals surface area (Å²) in [6.45, 7) is 7.41. The Bertz CT molecular complexity index is 529. The van der Waals surface area contributed by atoms with Gasteiger partial charge in [0, 0.05) is 0 Å². The highest BCUT2D eigenvalue weighted by Gasteiger charge is 2.03. The minimum Gasteiger partial charge on any atom is -0.493 e. The topological polar surface area (TPSA) is 9.23 Å². The molecule has 2 aromatic rings. The van der Waals surface area contributed by atoms with Crippen LogP contribution >= 0.6 is 0 Å². The van der Waals surface area contributed by atoms with E-state index in [2.05, 4.69) is 57.2 Å². The lowest BCUT2D eigenvalue weighted by atomic mass is 10.0. The van der Waals surface area contributed by atoms with Crippen molar-refractivity contribution in [2.24, 2.45) is 5.92 Å². The third-order valence-electron chi connectivity index (χ3n) is 3.41. The molecule has 0 fully saturated rings. The van der Waals surface area contributed by atoms with Gasteiger partial charge in [-0.05, 0) is 60.6 Å². The van der Waals surface area contributed by atoms with Crippen molar-refractivity contribution in [3.8, 4) is 16.9 Å². The van der Waals surface area contributed by atoms with E-state index in [0.29, 0.717) is 0 Å². The fourth-order valence-electron chi connectivity index (χ4n) is 2.24. The monoisotopic (exact) mass is 267 g/mol. The molecular formula is C19H23O. The van der Waals surface area contributed by atoms with Gasteiger partial charge in [-0.2, -0.15) is 0 Å². The van der Waals surface area contributed by atoms with Gasteiger partial charge in [0.25, 0.3) is 0 Å². The molecule has 0 bridgehead atoms. The van der Waals surface area contributed by atoms with Crippen molar-refractivity contribution in [3.63, 3.8) is 0 Å². The number of hydrogen-bond donors (Lipinski definition) is 0. The van der Waals surface area contributed by atoms with E-state index in [1.807, 2.05) is 12.1 Å². The predicted octanol–water partition coefficient (Wildman–Crippen LogP) is 5.28. The Kier molecular flexibility index (Phi) is 5.23. The molecule has 105 valence electrons. The van der Waals surface area contributed by atoms with E-state index in [1.165, 1.54) is 23.1 Å². The Hall–Kier alpha value is -1.76. The zero-order valence-corrected chi connectivity index (χ0v) is 12.6. The molecule has 0 aromatic heterocycles. The van der Waals surface area contributed by atoms with Gasteiger partial charge in [-0.3, -0.25) is 0 Å². The Morgan fingerprint density at radius 3 is 2.45 bits per heavy atom. The van der Waals surface area contributed by atoms with Crippen molar-refractivity contribution in [2.45, 2.75) is 33.6 Å². The Balaban J connectivity index is 1.99. The van der Waals surface area contributed by atoms with Gasteiger partial charge < -0.3 is 4.74 Å². The molecule has 1 nitrogen and oxygen atoms in total. The average Bonchev–Trinajstić information content (AvgIpc) is 2.45. The molecule has 20 heavy (non-hydrogen) atoms. The van der Waals surface area contributed by atoms with Gasteiger partial charge in [0.15, 0.2) is 0 Å². The van der Waals surface area contributed by atoms with E-state index in [9.17, 15) is 0 Å². The standard InChI is InChI=1S/C19H23O/c1-15(2)8-7-13-20-19-12-11-18(14-16(19)3)17-9-5-4-6-10-17/h5-6,9-12,14-15H,7-8,13H2,1-3H3. The predicted molar refractivity (Wildman–Crippen MR) is 85.0 cm³/mol. The second-order valence-electron chi connectivity index (χ2n) is 5.65. The first-order valence-electron chi connectivity index (χ1n) is 7.37. The fraction of sp³-hybridized carbons (Fsp3) is 0.368. The molecule has 1 heteroatoms. The fourth-order valence-corrected chi connectivity index (χ4v) is 2.24. The van der Waals surface area contributed by atoms with Crippen LogP contribution in [0, 0.1) is 18.9 Å². The van der Waals surface area contributed by atoms with Crippen LogP contribution in [0.2, 0.25) is 0 Å². The summed E-state index contributed by atoms with van der Waals surface area (Å²) in [7, 11) is 0. The second kappa shape index (κ2) is 7.14. The molecule has 2 aromatic carbocycles. The maximum absolute atomic E-state index is 5.87. The molecule has 0 saturated carbocycles.